The van der Waals surface area contributed by atoms with E-state index in [9.17, 15) is 5.11 Å². The molecule has 0 aromatic carbocycles. The highest BCUT2D eigenvalue weighted by molar-refractivity contribution is 5.07. The lowest BCUT2D eigenvalue weighted by atomic mass is 10.2. The summed E-state index contributed by atoms with van der Waals surface area (Å²) in [6.07, 6.45) is 30.3. The van der Waals surface area contributed by atoms with Gasteiger partial charge in [-0.3, -0.25) is 0 Å². The third-order valence-electron chi connectivity index (χ3n) is 2.91. The third-order valence-corrected chi connectivity index (χ3v) is 2.91. The van der Waals surface area contributed by atoms with Crippen LogP contribution in [0.4, 0.5) is 0 Å². The lowest BCUT2D eigenvalue weighted by molar-refractivity contribution is 0.227. The van der Waals surface area contributed by atoms with Crippen molar-refractivity contribution in [1.29, 1.82) is 0 Å². The zero-order valence-electron chi connectivity index (χ0n) is 14.2. The van der Waals surface area contributed by atoms with Crippen molar-refractivity contribution in [2.24, 2.45) is 0 Å². The molecule has 0 aromatic heterocycles. The smallest absolute Gasteiger partial charge is 0.0758 e. The van der Waals surface area contributed by atoms with Gasteiger partial charge in [-0.2, -0.15) is 0 Å². The Labute approximate surface area is 137 Å². The van der Waals surface area contributed by atoms with Gasteiger partial charge in [0, 0.05) is 0 Å². The van der Waals surface area contributed by atoms with Crippen LogP contribution in [0, 0.1) is 0 Å². The van der Waals surface area contributed by atoms with Crippen molar-refractivity contribution < 1.29 is 5.11 Å². The zero-order chi connectivity index (χ0) is 16.3. The second-order valence-corrected chi connectivity index (χ2v) is 5.03. The minimum Gasteiger partial charge on any atom is -0.389 e. The lowest BCUT2D eigenvalue weighted by Gasteiger charge is -1.98. The molecule has 1 nitrogen and oxygen atoms in total. The molecule has 0 aliphatic heterocycles. The van der Waals surface area contributed by atoms with Gasteiger partial charge in [-0.15, -0.1) is 0 Å². The van der Waals surface area contributed by atoms with Gasteiger partial charge < -0.3 is 5.11 Å². The molecule has 1 unspecified atom stereocenters. The van der Waals surface area contributed by atoms with Crippen LogP contribution in [0.5, 0.6) is 0 Å². The van der Waals surface area contributed by atoms with Crippen LogP contribution in [-0.2, 0) is 0 Å². The Morgan fingerprint density at radius 1 is 0.636 bits per heavy atom. The van der Waals surface area contributed by atoms with Crippen molar-refractivity contribution in [3.63, 3.8) is 0 Å². The Balaban J connectivity index is 3.70. The SMILES string of the molecule is CCC=CCC=CC=CC(O)CC=CCC=CCC=CCC. The summed E-state index contributed by atoms with van der Waals surface area (Å²) >= 11 is 0. The van der Waals surface area contributed by atoms with E-state index < -0.39 is 6.10 Å². The van der Waals surface area contributed by atoms with Crippen LogP contribution in [0.3, 0.4) is 0 Å². The summed E-state index contributed by atoms with van der Waals surface area (Å²) in [6.45, 7) is 4.27. The van der Waals surface area contributed by atoms with Crippen molar-refractivity contribution >= 4 is 0 Å². The standard InChI is InChI=1S/C21H32O/c1-3-5-7-9-11-12-14-16-18-20-21(22)19-17-15-13-10-8-6-4-2/h5-8,11-13,15-19,21-22H,3-4,9-10,14,20H2,1-2H3. The van der Waals surface area contributed by atoms with E-state index in [2.05, 4.69) is 62.5 Å². The van der Waals surface area contributed by atoms with Gasteiger partial charge in [0.1, 0.15) is 0 Å². The average Bonchev–Trinajstić information content (AvgIpc) is 2.52. The van der Waals surface area contributed by atoms with Gasteiger partial charge in [0.15, 0.2) is 0 Å². The van der Waals surface area contributed by atoms with Crippen LogP contribution in [-0.4, -0.2) is 11.2 Å². The number of aliphatic hydroxyl groups excluding tert-OH is 1. The highest BCUT2D eigenvalue weighted by Gasteiger charge is 1.92. The van der Waals surface area contributed by atoms with E-state index in [-0.39, 0.29) is 0 Å². The summed E-state index contributed by atoms with van der Waals surface area (Å²) in [6, 6.07) is 0. The maximum atomic E-state index is 9.78. The summed E-state index contributed by atoms with van der Waals surface area (Å²) in [7, 11) is 0. The molecule has 0 aliphatic rings. The molecule has 0 rings (SSSR count). The molecule has 1 N–H and O–H groups in total. The highest BCUT2D eigenvalue weighted by atomic mass is 16.3. The van der Waals surface area contributed by atoms with Crippen LogP contribution in [0.15, 0.2) is 72.9 Å². The van der Waals surface area contributed by atoms with Crippen molar-refractivity contribution in [3.8, 4) is 0 Å². The van der Waals surface area contributed by atoms with Gasteiger partial charge in [0.2, 0.25) is 0 Å². The zero-order valence-corrected chi connectivity index (χ0v) is 14.2. The molecule has 1 heteroatoms. The molecule has 0 saturated carbocycles. The topological polar surface area (TPSA) is 20.2 Å². The highest BCUT2D eigenvalue weighted by Crippen LogP contribution is 1.99. The Morgan fingerprint density at radius 3 is 1.73 bits per heavy atom. The molecule has 0 amide bonds. The molecular weight excluding hydrogens is 268 g/mol. The van der Waals surface area contributed by atoms with Crippen molar-refractivity contribution in [1.82, 2.24) is 0 Å². The molecule has 0 aliphatic carbocycles. The summed E-state index contributed by atoms with van der Waals surface area (Å²) in [5, 5.41) is 9.78. The number of rotatable bonds is 12. The molecule has 22 heavy (non-hydrogen) atoms. The molecule has 0 radical (unpaired) electrons. The molecule has 122 valence electrons. The van der Waals surface area contributed by atoms with Crippen molar-refractivity contribution in [3.05, 3.63) is 72.9 Å². The number of aliphatic hydroxyl groups is 1. The van der Waals surface area contributed by atoms with Gasteiger partial charge in [-0.1, -0.05) is 86.8 Å². The fourth-order valence-corrected chi connectivity index (χ4v) is 1.71. The Hall–Kier alpha value is -1.60. The first kappa shape index (κ1) is 20.4. The second-order valence-electron chi connectivity index (χ2n) is 5.03. The van der Waals surface area contributed by atoms with Gasteiger partial charge in [0.05, 0.1) is 6.10 Å². The van der Waals surface area contributed by atoms with Crippen molar-refractivity contribution in [2.75, 3.05) is 0 Å². The summed E-state index contributed by atoms with van der Waals surface area (Å²) in [4.78, 5) is 0. The molecule has 0 saturated heterocycles. The third kappa shape index (κ3) is 16.5. The maximum Gasteiger partial charge on any atom is 0.0758 e. The van der Waals surface area contributed by atoms with Gasteiger partial charge in [-0.25, -0.2) is 0 Å². The summed E-state index contributed by atoms with van der Waals surface area (Å²) in [5.41, 5.74) is 0. The van der Waals surface area contributed by atoms with Crippen LogP contribution in [0.2, 0.25) is 0 Å². The first-order valence-corrected chi connectivity index (χ1v) is 8.42. The predicted molar refractivity (Wildman–Crippen MR) is 99.9 cm³/mol. The molecular formula is C21H32O. The van der Waals surface area contributed by atoms with Gasteiger partial charge in [0.25, 0.3) is 0 Å². The largest absolute Gasteiger partial charge is 0.389 e. The van der Waals surface area contributed by atoms with E-state index in [1.54, 1.807) is 0 Å². The molecule has 0 heterocycles. The van der Waals surface area contributed by atoms with E-state index in [1.165, 1.54) is 0 Å². The molecule has 0 aromatic rings. The normalized spacial score (nSPS) is 14.9. The quantitative estimate of drug-likeness (QED) is 0.343. The summed E-state index contributed by atoms with van der Waals surface area (Å²) in [5.74, 6) is 0. The van der Waals surface area contributed by atoms with Crippen LogP contribution < -0.4 is 0 Å². The summed E-state index contributed by atoms with van der Waals surface area (Å²) < 4.78 is 0. The van der Waals surface area contributed by atoms with E-state index in [4.69, 9.17) is 0 Å². The maximum absolute atomic E-state index is 9.78. The number of allylic oxidation sites excluding steroid dienone is 10. The van der Waals surface area contributed by atoms with E-state index in [0.717, 1.165) is 32.1 Å². The van der Waals surface area contributed by atoms with Crippen LogP contribution in [0.1, 0.15) is 52.4 Å². The fraction of sp³-hybridized carbons (Fsp3) is 0.429. The minimum atomic E-state index is -0.399. The molecule has 0 bridgehead atoms. The molecule has 0 spiro atoms. The van der Waals surface area contributed by atoms with E-state index in [1.807, 2.05) is 24.3 Å². The Bertz CT molecular complexity index is 394. The number of hydrogen-bond donors (Lipinski definition) is 1. The van der Waals surface area contributed by atoms with Gasteiger partial charge in [-0.05, 0) is 38.5 Å². The second kappa shape index (κ2) is 17.5. The van der Waals surface area contributed by atoms with Crippen LogP contribution in [0.25, 0.3) is 0 Å². The van der Waals surface area contributed by atoms with E-state index >= 15 is 0 Å². The molecule has 0 fully saturated rings. The van der Waals surface area contributed by atoms with Crippen LogP contribution >= 0.6 is 0 Å². The average molecular weight is 300 g/mol. The first-order chi connectivity index (χ1) is 10.8. The Morgan fingerprint density at radius 2 is 1.14 bits per heavy atom. The van der Waals surface area contributed by atoms with Crippen molar-refractivity contribution in [2.45, 2.75) is 58.5 Å². The monoisotopic (exact) mass is 300 g/mol. The fourth-order valence-electron chi connectivity index (χ4n) is 1.71. The molecule has 1 atom stereocenters. The van der Waals surface area contributed by atoms with Gasteiger partial charge >= 0.3 is 0 Å². The lowest BCUT2D eigenvalue weighted by Crippen LogP contribution is -1.98. The minimum absolute atomic E-state index is 0.399. The Kier molecular flexibility index (Phi) is 16.2. The number of hydrogen-bond acceptors (Lipinski definition) is 1. The first-order valence-electron chi connectivity index (χ1n) is 8.42. The predicted octanol–water partition coefficient (Wildman–Crippen LogP) is 6.06. The van der Waals surface area contributed by atoms with E-state index in [0.29, 0.717) is 6.42 Å².